The normalized spacial score (nSPS) is 12.5. The fourth-order valence-corrected chi connectivity index (χ4v) is 1.22. The Kier molecular flexibility index (Phi) is 2.87. The summed E-state index contributed by atoms with van der Waals surface area (Å²) in [6.45, 7) is 5.15. The van der Waals surface area contributed by atoms with Crippen LogP contribution in [0.1, 0.15) is 38.2 Å². The van der Waals surface area contributed by atoms with Crippen LogP contribution in [0.15, 0.2) is 6.07 Å². The van der Waals surface area contributed by atoms with Crippen molar-refractivity contribution in [3.63, 3.8) is 0 Å². The van der Waals surface area contributed by atoms with Crippen LogP contribution in [0.3, 0.4) is 0 Å². The molecular weight excluding hydrogens is 193 g/mol. The molecule has 1 aromatic heterocycles. The summed E-state index contributed by atoms with van der Waals surface area (Å²) < 4.78 is 38.5. The van der Waals surface area contributed by atoms with E-state index in [-0.39, 0.29) is 6.04 Å². The van der Waals surface area contributed by atoms with Crippen LogP contribution < -0.4 is 0 Å². The summed E-state index contributed by atoms with van der Waals surface area (Å²) in [5, 5.41) is 3.89. The molecule has 0 aliphatic rings. The molecule has 0 aliphatic carbocycles. The van der Waals surface area contributed by atoms with Crippen LogP contribution in [0.25, 0.3) is 0 Å². The maximum absolute atomic E-state index is 12.5. The fraction of sp³-hybridized carbons (Fsp3) is 0.667. The van der Waals surface area contributed by atoms with Crippen LogP contribution in [-0.2, 0) is 12.6 Å². The highest BCUT2D eigenvalue weighted by atomic mass is 19.4. The average molecular weight is 206 g/mol. The number of halogens is 3. The van der Waals surface area contributed by atoms with E-state index in [1.54, 1.807) is 20.8 Å². The van der Waals surface area contributed by atoms with Gasteiger partial charge >= 0.3 is 6.18 Å². The van der Waals surface area contributed by atoms with Gasteiger partial charge in [-0.25, -0.2) is 0 Å². The highest BCUT2D eigenvalue weighted by molar-refractivity contribution is 5.14. The van der Waals surface area contributed by atoms with Crippen molar-refractivity contribution in [2.75, 3.05) is 0 Å². The van der Waals surface area contributed by atoms with Crippen molar-refractivity contribution in [1.82, 2.24) is 9.78 Å². The Morgan fingerprint density at radius 3 is 2.29 bits per heavy atom. The molecule has 1 aromatic rings. The summed E-state index contributed by atoms with van der Waals surface area (Å²) in [4.78, 5) is 0. The Morgan fingerprint density at radius 1 is 1.43 bits per heavy atom. The molecule has 14 heavy (non-hydrogen) atoms. The van der Waals surface area contributed by atoms with Gasteiger partial charge in [0.2, 0.25) is 0 Å². The van der Waals surface area contributed by atoms with Crippen LogP contribution in [0.4, 0.5) is 13.2 Å². The van der Waals surface area contributed by atoms with Gasteiger partial charge in [0.1, 0.15) is 5.69 Å². The van der Waals surface area contributed by atoms with Crippen LogP contribution in [0.2, 0.25) is 0 Å². The van der Waals surface area contributed by atoms with Crippen molar-refractivity contribution in [1.29, 1.82) is 0 Å². The van der Waals surface area contributed by atoms with E-state index >= 15 is 0 Å². The molecule has 0 unspecified atom stereocenters. The predicted octanol–water partition coefficient (Wildman–Crippen LogP) is 3.05. The standard InChI is InChI=1S/C9H13F3N2/c1-4-7-5-8(9(10,11)12)14(13-7)6(2)3/h5-6H,4H2,1-3H3. The Labute approximate surface area is 80.7 Å². The van der Waals surface area contributed by atoms with Gasteiger partial charge in [0.25, 0.3) is 0 Å². The molecule has 0 fully saturated rings. The molecule has 0 spiro atoms. The first-order valence-electron chi connectivity index (χ1n) is 4.52. The van der Waals surface area contributed by atoms with Gasteiger partial charge in [0.05, 0.1) is 5.69 Å². The molecule has 0 aliphatic heterocycles. The first-order valence-corrected chi connectivity index (χ1v) is 4.52. The molecule has 5 heteroatoms. The SMILES string of the molecule is CCc1cc(C(F)(F)F)n(C(C)C)n1. The third kappa shape index (κ3) is 2.08. The van der Waals surface area contributed by atoms with Gasteiger partial charge < -0.3 is 0 Å². The van der Waals surface area contributed by atoms with E-state index in [1.165, 1.54) is 0 Å². The van der Waals surface area contributed by atoms with E-state index < -0.39 is 11.9 Å². The lowest BCUT2D eigenvalue weighted by atomic mass is 10.3. The molecular formula is C9H13F3N2. The third-order valence-electron chi connectivity index (χ3n) is 1.93. The van der Waals surface area contributed by atoms with Gasteiger partial charge in [-0.1, -0.05) is 6.92 Å². The molecule has 80 valence electrons. The molecule has 0 atom stereocenters. The maximum Gasteiger partial charge on any atom is 0.433 e. The molecule has 0 bridgehead atoms. The van der Waals surface area contributed by atoms with Crippen molar-refractivity contribution in [3.05, 3.63) is 17.5 Å². The summed E-state index contributed by atoms with van der Waals surface area (Å²) in [6.07, 6.45) is -3.80. The van der Waals surface area contributed by atoms with E-state index in [1.807, 2.05) is 0 Å². The third-order valence-corrected chi connectivity index (χ3v) is 1.93. The number of hydrogen-bond donors (Lipinski definition) is 0. The monoisotopic (exact) mass is 206 g/mol. The van der Waals surface area contributed by atoms with Gasteiger partial charge in [-0.05, 0) is 26.3 Å². The average Bonchev–Trinajstić information content (AvgIpc) is 2.46. The lowest BCUT2D eigenvalue weighted by Crippen LogP contribution is -2.16. The Hall–Kier alpha value is -1.00. The molecule has 1 heterocycles. The first kappa shape index (κ1) is 11.1. The second-order valence-corrected chi connectivity index (χ2v) is 3.41. The fourth-order valence-electron chi connectivity index (χ4n) is 1.22. The van der Waals surface area contributed by atoms with E-state index in [4.69, 9.17) is 0 Å². The van der Waals surface area contributed by atoms with Crippen LogP contribution in [0.5, 0.6) is 0 Å². The molecule has 1 rings (SSSR count). The lowest BCUT2D eigenvalue weighted by molar-refractivity contribution is -0.144. The first-order chi connectivity index (χ1) is 6.36. The molecule has 2 nitrogen and oxygen atoms in total. The minimum Gasteiger partial charge on any atom is -0.258 e. The molecule has 0 N–H and O–H groups in total. The van der Waals surface area contributed by atoms with Crippen molar-refractivity contribution < 1.29 is 13.2 Å². The highest BCUT2D eigenvalue weighted by Crippen LogP contribution is 2.31. The second kappa shape index (κ2) is 3.63. The number of hydrogen-bond acceptors (Lipinski definition) is 1. The molecule has 0 saturated heterocycles. The smallest absolute Gasteiger partial charge is 0.258 e. The van der Waals surface area contributed by atoms with Gasteiger partial charge in [0, 0.05) is 6.04 Å². The summed E-state index contributed by atoms with van der Waals surface area (Å²) in [6, 6.07) is 0.840. The van der Waals surface area contributed by atoms with Gasteiger partial charge in [-0.2, -0.15) is 18.3 Å². The summed E-state index contributed by atoms with van der Waals surface area (Å²) in [5.41, 5.74) is -0.185. The van der Waals surface area contributed by atoms with Crippen molar-refractivity contribution in [2.45, 2.75) is 39.4 Å². The summed E-state index contributed by atoms with van der Waals surface area (Å²) >= 11 is 0. The molecule has 0 saturated carbocycles. The van der Waals surface area contributed by atoms with Gasteiger partial charge in [-0.3, -0.25) is 4.68 Å². The van der Waals surface area contributed by atoms with E-state index in [2.05, 4.69) is 5.10 Å². The number of aryl methyl sites for hydroxylation is 1. The van der Waals surface area contributed by atoms with Crippen LogP contribution >= 0.6 is 0 Å². The van der Waals surface area contributed by atoms with Crippen LogP contribution in [0, 0.1) is 0 Å². The van der Waals surface area contributed by atoms with Crippen molar-refractivity contribution in [2.24, 2.45) is 0 Å². The Morgan fingerprint density at radius 2 is 2.00 bits per heavy atom. The number of rotatable bonds is 2. The number of alkyl halides is 3. The summed E-state index contributed by atoms with van der Waals surface area (Å²) in [7, 11) is 0. The minimum absolute atomic E-state index is 0.271. The highest BCUT2D eigenvalue weighted by Gasteiger charge is 2.36. The van der Waals surface area contributed by atoms with Gasteiger partial charge in [0.15, 0.2) is 0 Å². The molecule has 0 amide bonds. The predicted molar refractivity (Wildman–Crippen MR) is 47.0 cm³/mol. The lowest BCUT2D eigenvalue weighted by Gasteiger charge is -2.12. The summed E-state index contributed by atoms with van der Waals surface area (Å²) in [5.74, 6) is 0. The van der Waals surface area contributed by atoms with E-state index in [0.717, 1.165) is 10.7 Å². The molecule has 0 radical (unpaired) electrons. The molecule has 0 aromatic carbocycles. The quantitative estimate of drug-likeness (QED) is 0.727. The van der Waals surface area contributed by atoms with Crippen molar-refractivity contribution in [3.8, 4) is 0 Å². The number of aromatic nitrogens is 2. The van der Waals surface area contributed by atoms with E-state index in [9.17, 15) is 13.2 Å². The zero-order valence-corrected chi connectivity index (χ0v) is 8.39. The number of nitrogens with zero attached hydrogens (tertiary/aromatic N) is 2. The topological polar surface area (TPSA) is 17.8 Å². The zero-order chi connectivity index (χ0) is 10.9. The Balaban J connectivity index is 3.19. The second-order valence-electron chi connectivity index (χ2n) is 3.41. The minimum atomic E-state index is -4.31. The maximum atomic E-state index is 12.5. The van der Waals surface area contributed by atoms with Crippen LogP contribution in [-0.4, -0.2) is 9.78 Å². The van der Waals surface area contributed by atoms with E-state index in [0.29, 0.717) is 12.1 Å². The zero-order valence-electron chi connectivity index (χ0n) is 8.39. The largest absolute Gasteiger partial charge is 0.433 e. The van der Waals surface area contributed by atoms with Gasteiger partial charge in [-0.15, -0.1) is 0 Å². The van der Waals surface area contributed by atoms with Crippen molar-refractivity contribution >= 4 is 0 Å². The Bertz CT molecular complexity index is 312.